The molecule has 0 spiro atoms. The molecule has 1 unspecified atom stereocenters. The van der Waals surface area contributed by atoms with E-state index in [1.54, 1.807) is 43.0 Å². The third-order valence-electron chi connectivity index (χ3n) is 3.91. The molecule has 4 nitrogen and oxygen atoms in total. The first-order valence-corrected chi connectivity index (χ1v) is 10.7. The molecule has 1 atom stereocenters. The lowest BCUT2D eigenvalue weighted by Crippen LogP contribution is -2.42. The maximum atomic E-state index is 13.1. The summed E-state index contributed by atoms with van der Waals surface area (Å²) in [6.45, 7) is 1.72. The van der Waals surface area contributed by atoms with Crippen LogP contribution in [0.2, 0.25) is 9.36 Å². The molecule has 27 heavy (non-hydrogen) atoms. The summed E-state index contributed by atoms with van der Waals surface area (Å²) in [5, 5.41) is 3.80. The fourth-order valence-corrected chi connectivity index (χ4v) is 3.75. The van der Waals surface area contributed by atoms with E-state index in [1.165, 1.54) is 17.5 Å². The van der Waals surface area contributed by atoms with Crippen molar-refractivity contribution in [2.24, 2.45) is 0 Å². The van der Waals surface area contributed by atoms with E-state index >= 15 is 0 Å². The molecule has 0 aliphatic carbocycles. The number of amides is 1. The Morgan fingerprint density at radius 3 is 2.37 bits per heavy atom. The van der Waals surface area contributed by atoms with Crippen molar-refractivity contribution >= 4 is 57.3 Å². The smallest absolute Gasteiger partial charge is 0.274 e. The lowest BCUT2D eigenvalue weighted by Gasteiger charge is -2.29. The fraction of sp³-hybridized carbons (Fsp3) is 0.158. The molecule has 0 saturated carbocycles. The minimum Gasteiger partial charge on any atom is -0.473 e. The van der Waals surface area contributed by atoms with Gasteiger partial charge in [0.15, 0.2) is 5.13 Å². The Bertz CT molecular complexity index is 930. The van der Waals surface area contributed by atoms with Gasteiger partial charge >= 0.3 is 0 Å². The van der Waals surface area contributed by atoms with Crippen molar-refractivity contribution in [3.05, 3.63) is 69.7 Å². The Labute approximate surface area is 175 Å². The second kappa shape index (κ2) is 8.52. The van der Waals surface area contributed by atoms with Gasteiger partial charge in [-0.15, -0.1) is 11.8 Å². The van der Waals surface area contributed by atoms with Gasteiger partial charge in [0.1, 0.15) is 10.1 Å². The van der Waals surface area contributed by atoms with Crippen LogP contribution in [0.3, 0.4) is 0 Å². The van der Waals surface area contributed by atoms with Crippen LogP contribution < -0.4 is 10.1 Å². The maximum absolute atomic E-state index is 13.1. The molecule has 1 amide bonds. The number of benzene rings is 2. The topological polar surface area (TPSA) is 51.2 Å². The molecule has 8 heteroatoms. The van der Waals surface area contributed by atoms with E-state index < -0.39 is 5.60 Å². The van der Waals surface area contributed by atoms with Gasteiger partial charge in [-0.3, -0.25) is 10.1 Å². The third-order valence-corrected chi connectivity index (χ3v) is 5.93. The van der Waals surface area contributed by atoms with Crippen LogP contribution in [0.15, 0.2) is 59.6 Å². The van der Waals surface area contributed by atoms with Gasteiger partial charge in [0.05, 0.1) is 6.20 Å². The normalized spacial score (nSPS) is 13.0. The zero-order valence-electron chi connectivity index (χ0n) is 14.5. The highest BCUT2D eigenvalue weighted by atomic mass is 35.5. The van der Waals surface area contributed by atoms with Gasteiger partial charge in [-0.25, -0.2) is 4.98 Å². The van der Waals surface area contributed by atoms with Crippen LogP contribution in [0.25, 0.3) is 0 Å². The molecule has 1 aromatic heterocycles. The van der Waals surface area contributed by atoms with Crippen LogP contribution in [-0.2, 0) is 10.4 Å². The van der Waals surface area contributed by atoms with Gasteiger partial charge in [0.2, 0.25) is 5.60 Å². The van der Waals surface area contributed by atoms with Crippen molar-refractivity contribution in [3.63, 3.8) is 0 Å². The minimum absolute atomic E-state index is 0.347. The van der Waals surface area contributed by atoms with Crippen molar-refractivity contribution in [1.82, 2.24) is 4.98 Å². The third kappa shape index (κ3) is 4.76. The van der Waals surface area contributed by atoms with E-state index in [9.17, 15) is 4.79 Å². The highest BCUT2D eigenvalue weighted by molar-refractivity contribution is 7.98. The number of rotatable bonds is 6. The number of thiazole rings is 1. The van der Waals surface area contributed by atoms with Crippen LogP contribution in [0.5, 0.6) is 5.75 Å². The zero-order valence-corrected chi connectivity index (χ0v) is 17.7. The number of anilines is 1. The summed E-state index contributed by atoms with van der Waals surface area (Å²) in [6.07, 6.45) is 3.49. The molecule has 1 heterocycles. The highest BCUT2D eigenvalue weighted by Gasteiger charge is 2.38. The first kappa shape index (κ1) is 20.0. The van der Waals surface area contributed by atoms with Crippen molar-refractivity contribution in [2.45, 2.75) is 17.4 Å². The SMILES string of the molecule is CSc1ccc(C(C)(Oc2ccc(Cl)cc2)C(=O)Nc2ncc(Cl)s2)cc1. The average Bonchev–Trinajstić information content (AvgIpc) is 3.08. The molecular weight excluding hydrogens is 423 g/mol. The lowest BCUT2D eigenvalue weighted by molar-refractivity contribution is -0.130. The van der Waals surface area contributed by atoms with Crippen LogP contribution in [-0.4, -0.2) is 17.1 Å². The van der Waals surface area contributed by atoms with E-state index in [-0.39, 0.29) is 5.91 Å². The number of carbonyl (C=O) groups is 1. The summed E-state index contributed by atoms with van der Waals surface area (Å²) < 4.78 is 6.62. The predicted octanol–water partition coefficient (Wildman–Crippen LogP) is 6.10. The second-order valence-corrected chi connectivity index (χ2v) is 8.72. The van der Waals surface area contributed by atoms with Gasteiger partial charge in [-0.2, -0.15) is 0 Å². The van der Waals surface area contributed by atoms with E-state index in [0.717, 1.165) is 10.5 Å². The Balaban J connectivity index is 1.95. The molecule has 3 rings (SSSR count). The van der Waals surface area contributed by atoms with Crippen molar-refractivity contribution in [1.29, 1.82) is 0 Å². The van der Waals surface area contributed by atoms with Gasteiger partial charge < -0.3 is 4.74 Å². The number of hydrogen-bond acceptors (Lipinski definition) is 5. The molecule has 140 valence electrons. The highest BCUT2D eigenvalue weighted by Crippen LogP contribution is 2.32. The largest absolute Gasteiger partial charge is 0.473 e. The summed E-state index contributed by atoms with van der Waals surface area (Å²) in [4.78, 5) is 18.3. The Hall–Kier alpha value is -1.73. The molecule has 0 aliphatic heterocycles. The second-order valence-electron chi connectivity index (χ2n) is 5.74. The molecule has 0 aliphatic rings. The van der Waals surface area contributed by atoms with E-state index in [2.05, 4.69) is 10.3 Å². The molecule has 0 saturated heterocycles. The molecule has 3 aromatic rings. The Morgan fingerprint density at radius 2 is 1.81 bits per heavy atom. The van der Waals surface area contributed by atoms with Crippen LogP contribution >= 0.6 is 46.3 Å². The summed E-state index contributed by atoms with van der Waals surface area (Å²) in [5.74, 6) is 0.184. The number of halogens is 2. The molecular formula is C19H16Cl2N2O2S2. The van der Waals surface area contributed by atoms with Gasteiger partial charge in [-0.05, 0) is 49.6 Å². The number of hydrogen-bond donors (Lipinski definition) is 1. The van der Waals surface area contributed by atoms with E-state index in [0.29, 0.717) is 20.2 Å². The van der Waals surface area contributed by atoms with Gasteiger partial charge in [0.25, 0.3) is 5.91 Å². The van der Waals surface area contributed by atoms with E-state index in [1.807, 2.05) is 30.5 Å². The first-order chi connectivity index (χ1) is 12.9. The minimum atomic E-state index is -1.27. The Morgan fingerprint density at radius 1 is 1.15 bits per heavy atom. The number of aromatic nitrogens is 1. The number of thioether (sulfide) groups is 1. The fourth-order valence-electron chi connectivity index (χ4n) is 2.41. The van der Waals surface area contributed by atoms with Crippen molar-refractivity contribution in [2.75, 3.05) is 11.6 Å². The van der Waals surface area contributed by atoms with Gasteiger partial charge in [-0.1, -0.05) is 46.7 Å². The Kier molecular flexibility index (Phi) is 6.32. The van der Waals surface area contributed by atoms with E-state index in [4.69, 9.17) is 27.9 Å². The van der Waals surface area contributed by atoms with Gasteiger partial charge in [0, 0.05) is 15.5 Å². The molecule has 0 radical (unpaired) electrons. The summed E-state index contributed by atoms with van der Waals surface area (Å²) in [5.41, 5.74) is -0.557. The van der Waals surface area contributed by atoms with Crippen molar-refractivity contribution < 1.29 is 9.53 Å². The first-order valence-electron chi connectivity index (χ1n) is 7.92. The number of carbonyl (C=O) groups excluding carboxylic acids is 1. The number of nitrogens with one attached hydrogen (secondary N) is 1. The predicted molar refractivity (Wildman–Crippen MR) is 113 cm³/mol. The number of ether oxygens (including phenoxy) is 1. The lowest BCUT2D eigenvalue weighted by atomic mass is 9.94. The van der Waals surface area contributed by atoms with Crippen LogP contribution in [0.1, 0.15) is 12.5 Å². The maximum Gasteiger partial charge on any atom is 0.274 e. The molecule has 1 N–H and O–H groups in total. The summed E-state index contributed by atoms with van der Waals surface area (Å²) >= 11 is 14.7. The summed E-state index contributed by atoms with van der Waals surface area (Å²) in [6, 6.07) is 14.6. The zero-order chi connectivity index (χ0) is 19.4. The quantitative estimate of drug-likeness (QED) is 0.471. The molecule has 2 aromatic carbocycles. The average molecular weight is 439 g/mol. The van der Waals surface area contributed by atoms with Crippen LogP contribution in [0, 0.1) is 0 Å². The van der Waals surface area contributed by atoms with Crippen LogP contribution in [0.4, 0.5) is 5.13 Å². The molecule has 0 bridgehead atoms. The number of nitrogens with zero attached hydrogens (tertiary/aromatic N) is 1. The molecule has 0 fully saturated rings. The summed E-state index contributed by atoms with van der Waals surface area (Å²) in [7, 11) is 0. The van der Waals surface area contributed by atoms with Crippen molar-refractivity contribution in [3.8, 4) is 5.75 Å². The monoisotopic (exact) mass is 438 g/mol. The standard InChI is InChI=1S/C19H16Cl2N2O2S2/c1-19(12-3-9-15(26-2)10-4-12,25-14-7-5-13(20)6-8-14)17(24)23-18-22-11-16(21)27-18/h3-11H,1-2H3,(H,22,23,24).